The Kier molecular flexibility index (Phi) is 5.24. The second kappa shape index (κ2) is 6.97. The van der Waals surface area contributed by atoms with Gasteiger partial charge in [-0.3, -0.25) is 9.59 Å². The Morgan fingerprint density at radius 1 is 1.14 bits per heavy atom. The molecule has 3 nitrogen and oxygen atoms in total. The zero-order valence-electron chi connectivity index (χ0n) is 13.4. The van der Waals surface area contributed by atoms with E-state index in [4.69, 9.17) is 0 Å². The Hall–Kier alpha value is -1.81. The molecule has 1 N–H and O–H groups in total. The smallest absolute Gasteiger partial charge is 0.189 e. The summed E-state index contributed by atoms with van der Waals surface area (Å²) in [5.41, 5.74) is 5.26. The molecular weight excluding hydrogens is 294 g/mol. The largest absolute Gasteiger partial charge is 0.355 e. The highest BCUT2D eigenvalue weighted by Gasteiger charge is 2.19. The van der Waals surface area contributed by atoms with Gasteiger partial charge in [-0.15, -0.1) is 11.8 Å². The second-order valence-electron chi connectivity index (χ2n) is 5.52. The van der Waals surface area contributed by atoms with Gasteiger partial charge in [0.2, 0.25) is 0 Å². The van der Waals surface area contributed by atoms with Crippen LogP contribution in [-0.2, 0) is 5.75 Å². The van der Waals surface area contributed by atoms with Crippen molar-refractivity contribution in [3.8, 4) is 0 Å². The molecule has 1 aromatic heterocycles. The molecule has 4 heteroatoms. The third kappa shape index (κ3) is 3.50. The van der Waals surface area contributed by atoms with Gasteiger partial charge in [0, 0.05) is 17.0 Å². The maximum Gasteiger partial charge on any atom is 0.189 e. The summed E-state index contributed by atoms with van der Waals surface area (Å²) >= 11 is 1.60. The van der Waals surface area contributed by atoms with Gasteiger partial charge in [0.25, 0.3) is 0 Å². The maximum absolute atomic E-state index is 12.4. The van der Waals surface area contributed by atoms with Crippen molar-refractivity contribution in [2.75, 3.05) is 5.75 Å². The Morgan fingerprint density at radius 2 is 1.82 bits per heavy atom. The first-order valence-electron chi connectivity index (χ1n) is 7.27. The van der Waals surface area contributed by atoms with E-state index in [1.54, 1.807) is 11.8 Å². The van der Waals surface area contributed by atoms with Gasteiger partial charge in [-0.25, -0.2) is 0 Å². The van der Waals surface area contributed by atoms with E-state index in [1.165, 1.54) is 18.1 Å². The molecule has 1 aromatic carbocycles. The van der Waals surface area contributed by atoms with Crippen LogP contribution in [0.2, 0.25) is 0 Å². The van der Waals surface area contributed by atoms with Gasteiger partial charge in [-0.2, -0.15) is 0 Å². The van der Waals surface area contributed by atoms with Crippen LogP contribution in [0.25, 0.3) is 0 Å². The first kappa shape index (κ1) is 16.6. The van der Waals surface area contributed by atoms with E-state index < -0.39 is 0 Å². The van der Waals surface area contributed by atoms with E-state index in [0.29, 0.717) is 17.0 Å². The Labute approximate surface area is 135 Å². The van der Waals surface area contributed by atoms with Crippen molar-refractivity contribution in [3.05, 3.63) is 57.9 Å². The summed E-state index contributed by atoms with van der Waals surface area (Å²) in [6.45, 7) is 7.28. The molecule has 0 spiro atoms. The number of aromatic amines is 1. The van der Waals surface area contributed by atoms with Gasteiger partial charge in [-0.05, 0) is 44.4 Å². The van der Waals surface area contributed by atoms with Crippen LogP contribution in [0.3, 0.4) is 0 Å². The fourth-order valence-electron chi connectivity index (χ4n) is 2.65. The van der Waals surface area contributed by atoms with Crippen molar-refractivity contribution in [1.82, 2.24) is 4.98 Å². The average molecular weight is 315 g/mol. The SMILES string of the molecule is CC(=O)c1c(C)[nH]c(C(=O)CSCc2ccccc2C)c1C. The van der Waals surface area contributed by atoms with Crippen LogP contribution in [0.1, 0.15) is 50.2 Å². The monoisotopic (exact) mass is 315 g/mol. The predicted molar refractivity (Wildman–Crippen MR) is 91.9 cm³/mol. The standard InChI is InChI=1S/C18H21NO2S/c1-11-7-5-6-8-15(11)9-22-10-16(21)18-12(2)17(14(4)20)13(3)19-18/h5-8,19H,9-10H2,1-4H3. The second-order valence-corrected chi connectivity index (χ2v) is 6.51. The molecule has 0 bridgehead atoms. The number of benzene rings is 1. The zero-order valence-corrected chi connectivity index (χ0v) is 14.3. The maximum atomic E-state index is 12.4. The van der Waals surface area contributed by atoms with Crippen molar-refractivity contribution >= 4 is 23.3 Å². The number of nitrogens with one attached hydrogen (secondary N) is 1. The summed E-state index contributed by atoms with van der Waals surface area (Å²) in [5.74, 6) is 1.27. The lowest BCUT2D eigenvalue weighted by Crippen LogP contribution is -2.06. The van der Waals surface area contributed by atoms with E-state index in [-0.39, 0.29) is 11.6 Å². The van der Waals surface area contributed by atoms with Crippen LogP contribution >= 0.6 is 11.8 Å². The number of carbonyl (C=O) groups excluding carboxylic acids is 2. The first-order chi connectivity index (χ1) is 10.4. The number of rotatable bonds is 6. The minimum Gasteiger partial charge on any atom is -0.355 e. The van der Waals surface area contributed by atoms with Crippen LogP contribution in [0.15, 0.2) is 24.3 Å². The van der Waals surface area contributed by atoms with Crippen molar-refractivity contribution in [2.24, 2.45) is 0 Å². The molecule has 0 fully saturated rings. The Bertz CT molecular complexity index is 716. The number of carbonyl (C=O) groups is 2. The van der Waals surface area contributed by atoms with E-state index in [1.807, 2.05) is 26.0 Å². The average Bonchev–Trinajstić information content (AvgIpc) is 2.76. The first-order valence-corrected chi connectivity index (χ1v) is 8.42. The summed E-state index contributed by atoms with van der Waals surface area (Å²) < 4.78 is 0. The van der Waals surface area contributed by atoms with Crippen molar-refractivity contribution in [2.45, 2.75) is 33.4 Å². The van der Waals surface area contributed by atoms with E-state index in [2.05, 4.69) is 24.0 Å². The molecule has 0 saturated carbocycles. The zero-order chi connectivity index (χ0) is 16.3. The van der Waals surface area contributed by atoms with Gasteiger partial charge >= 0.3 is 0 Å². The fraction of sp³-hybridized carbons (Fsp3) is 0.333. The summed E-state index contributed by atoms with van der Waals surface area (Å²) in [4.78, 5) is 27.1. The highest BCUT2D eigenvalue weighted by Crippen LogP contribution is 2.22. The molecular formula is C18H21NO2S. The molecule has 0 aliphatic carbocycles. The molecule has 0 amide bonds. The molecule has 2 aromatic rings. The molecule has 0 aliphatic heterocycles. The van der Waals surface area contributed by atoms with Crippen molar-refractivity contribution < 1.29 is 9.59 Å². The van der Waals surface area contributed by atoms with Crippen LogP contribution in [0.5, 0.6) is 0 Å². The number of Topliss-reactive ketones (excluding diaryl/α,β-unsaturated/α-hetero) is 2. The number of aryl methyl sites for hydroxylation is 2. The van der Waals surface area contributed by atoms with Gasteiger partial charge in [0.15, 0.2) is 11.6 Å². The molecule has 22 heavy (non-hydrogen) atoms. The van der Waals surface area contributed by atoms with Gasteiger partial charge in [0.1, 0.15) is 0 Å². The predicted octanol–water partition coefficient (Wildman–Crippen LogP) is 4.26. The summed E-state index contributed by atoms with van der Waals surface area (Å²) in [6.07, 6.45) is 0. The summed E-state index contributed by atoms with van der Waals surface area (Å²) in [7, 11) is 0. The van der Waals surface area contributed by atoms with Crippen LogP contribution < -0.4 is 0 Å². The quantitative estimate of drug-likeness (QED) is 0.810. The summed E-state index contributed by atoms with van der Waals surface area (Å²) in [5, 5.41) is 0. The highest BCUT2D eigenvalue weighted by molar-refractivity contribution is 7.99. The van der Waals surface area contributed by atoms with E-state index in [0.717, 1.165) is 17.0 Å². The number of ketones is 2. The lowest BCUT2D eigenvalue weighted by Gasteiger charge is -2.05. The molecule has 0 aliphatic rings. The minimum atomic E-state index is -0.00198. The normalized spacial score (nSPS) is 10.7. The Morgan fingerprint density at radius 3 is 2.41 bits per heavy atom. The number of thioether (sulfide) groups is 1. The molecule has 2 rings (SSSR count). The molecule has 0 unspecified atom stereocenters. The number of aromatic nitrogens is 1. The molecule has 116 valence electrons. The third-order valence-electron chi connectivity index (χ3n) is 3.82. The van der Waals surface area contributed by atoms with Crippen molar-refractivity contribution in [3.63, 3.8) is 0 Å². The van der Waals surface area contributed by atoms with Crippen LogP contribution in [0.4, 0.5) is 0 Å². The van der Waals surface area contributed by atoms with E-state index >= 15 is 0 Å². The van der Waals surface area contributed by atoms with Crippen LogP contribution in [0, 0.1) is 20.8 Å². The highest BCUT2D eigenvalue weighted by atomic mass is 32.2. The third-order valence-corrected chi connectivity index (χ3v) is 4.80. The summed E-state index contributed by atoms with van der Waals surface area (Å²) in [6, 6.07) is 8.20. The fourth-order valence-corrected chi connectivity index (χ4v) is 3.63. The molecule has 0 atom stereocenters. The number of hydrogen-bond donors (Lipinski definition) is 1. The topological polar surface area (TPSA) is 49.9 Å². The van der Waals surface area contributed by atoms with Crippen molar-refractivity contribution in [1.29, 1.82) is 0 Å². The minimum absolute atomic E-state index is 0.00198. The number of hydrogen-bond acceptors (Lipinski definition) is 3. The molecule has 1 heterocycles. The van der Waals surface area contributed by atoms with Gasteiger partial charge in [-0.1, -0.05) is 24.3 Å². The van der Waals surface area contributed by atoms with Gasteiger partial charge < -0.3 is 4.98 Å². The number of H-pyrrole nitrogens is 1. The molecule has 0 saturated heterocycles. The van der Waals surface area contributed by atoms with Crippen LogP contribution in [-0.4, -0.2) is 22.3 Å². The lowest BCUT2D eigenvalue weighted by atomic mass is 10.1. The van der Waals surface area contributed by atoms with E-state index in [9.17, 15) is 9.59 Å². The molecule has 0 radical (unpaired) electrons. The Balaban J connectivity index is 2.03. The lowest BCUT2D eigenvalue weighted by molar-refractivity contribution is 0.101. The van der Waals surface area contributed by atoms with Gasteiger partial charge in [0.05, 0.1) is 11.4 Å².